The van der Waals surface area contributed by atoms with Crippen molar-refractivity contribution in [2.24, 2.45) is 5.92 Å². The Labute approximate surface area is 115 Å². The third kappa shape index (κ3) is 3.43. The predicted molar refractivity (Wildman–Crippen MR) is 70.9 cm³/mol. The van der Waals surface area contributed by atoms with Crippen molar-refractivity contribution in [2.45, 2.75) is 19.3 Å². The molecule has 6 heteroatoms. The first kappa shape index (κ1) is 13.3. The maximum Gasteiger partial charge on any atom is 0.254 e. The van der Waals surface area contributed by atoms with Gasteiger partial charge in [0, 0.05) is 6.54 Å². The van der Waals surface area contributed by atoms with E-state index >= 15 is 0 Å². The lowest BCUT2D eigenvalue weighted by atomic mass is 9.94. The Morgan fingerprint density at radius 2 is 2.22 bits per heavy atom. The van der Waals surface area contributed by atoms with Crippen molar-refractivity contribution in [3.63, 3.8) is 0 Å². The zero-order valence-corrected chi connectivity index (χ0v) is 11.2. The van der Waals surface area contributed by atoms with Crippen molar-refractivity contribution in [3.05, 3.63) is 34.1 Å². The van der Waals surface area contributed by atoms with Gasteiger partial charge in [-0.3, -0.25) is 4.79 Å². The molecule has 96 valence electrons. The number of amides is 1. The molecule has 18 heavy (non-hydrogen) atoms. The van der Waals surface area contributed by atoms with Crippen LogP contribution in [0.1, 0.15) is 29.6 Å². The summed E-state index contributed by atoms with van der Waals surface area (Å²) in [6, 6.07) is 1.42. The molecular formula is C12H13Cl2N3O. The van der Waals surface area contributed by atoms with E-state index in [1.807, 2.05) is 0 Å². The summed E-state index contributed by atoms with van der Waals surface area (Å²) in [5.41, 5.74) is 0.267. The molecule has 0 fully saturated rings. The molecule has 0 aliphatic heterocycles. The smallest absolute Gasteiger partial charge is 0.254 e. The van der Waals surface area contributed by atoms with E-state index in [0.717, 1.165) is 19.3 Å². The van der Waals surface area contributed by atoms with Gasteiger partial charge in [-0.1, -0.05) is 35.4 Å². The van der Waals surface area contributed by atoms with Gasteiger partial charge < -0.3 is 5.32 Å². The molecule has 0 saturated carbocycles. The molecule has 1 aliphatic carbocycles. The highest BCUT2D eigenvalue weighted by Crippen LogP contribution is 2.18. The number of nitrogens with zero attached hydrogens (tertiary/aromatic N) is 2. The summed E-state index contributed by atoms with van der Waals surface area (Å²) in [6.07, 6.45) is 7.49. The van der Waals surface area contributed by atoms with Crippen LogP contribution in [0.5, 0.6) is 0 Å². The summed E-state index contributed by atoms with van der Waals surface area (Å²) in [6.45, 7) is 0.638. The van der Waals surface area contributed by atoms with Crippen molar-refractivity contribution in [1.82, 2.24) is 15.5 Å². The number of aromatic nitrogens is 2. The number of carbonyl (C=O) groups is 1. The molecule has 1 aromatic heterocycles. The van der Waals surface area contributed by atoms with Gasteiger partial charge >= 0.3 is 0 Å². The van der Waals surface area contributed by atoms with Crippen LogP contribution in [0.2, 0.25) is 10.3 Å². The molecule has 0 spiro atoms. The molecule has 1 unspecified atom stereocenters. The third-order valence-corrected chi connectivity index (χ3v) is 3.36. The van der Waals surface area contributed by atoms with E-state index in [1.54, 1.807) is 0 Å². The summed E-state index contributed by atoms with van der Waals surface area (Å²) in [7, 11) is 0. The van der Waals surface area contributed by atoms with Crippen molar-refractivity contribution in [1.29, 1.82) is 0 Å². The number of rotatable bonds is 3. The lowest BCUT2D eigenvalue weighted by Gasteiger charge is -2.18. The molecule has 0 bridgehead atoms. The molecule has 1 heterocycles. The standard InChI is InChI=1S/C12H13Cl2N3O/c13-10-6-9(11(14)17-16-10)12(18)15-7-8-4-2-1-3-5-8/h1-2,6,8H,3-5,7H2,(H,15,18). The molecule has 0 saturated heterocycles. The zero-order chi connectivity index (χ0) is 13.0. The van der Waals surface area contributed by atoms with Crippen molar-refractivity contribution < 1.29 is 4.79 Å². The molecule has 0 radical (unpaired) electrons. The largest absolute Gasteiger partial charge is 0.352 e. The van der Waals surface area contributed by atoms with E-state index in [1.165, 1.54) is 6.07 Å². The van der Waals surface area contributed by atoms with Crippen LogP contribution < -0.4 is 5.32 Å². The van der Waals surface area contributed by atoms with E-state index in [4.69, 9.17) is 23.2 Å². The zero-order valence-electron chi connectivity index (χ0n) is 9.70. The minimum absolute atomic E-state index is 0.0699. The number of hydrogen-bond donors (Lipinski definition) is 1. The molecule has 1 N–H and O–H groups in total. The van der Waals surface area contributed by atoms with E-state index in [9.17, 15) is 4.79 Å². The molecule has 1 amide bonds. The topological polar surface area (TPSA) is 54.9 Å². The normalized spacial score (nSPS) is 18.7. The van der Waals surface area contributed by atoms with Crippen LogP contribution in [0.15, 0.2) is 18.2 Å². The van der Waals surface area contributed by atoms with Crippen LogP contribution in [0, 0.1) is 5.92 Å². The number of hydrogen-bond acceptors (Lipinski definition) is 3. The van der Waals surface area contributed by atoms with Crippen LogP contribution in [0.3, 0.4) is 0 Å². The minimum atomic E-state index is -0.258. The van der Waals surface area contributed by atoms with Crippen LogP contribution in [0.25, 0.3) is 0 Å². The molecule has 2 rings (SSSR count). The molecular weight excluding hydrogens is 273 g/mol. The highest BCUT2D eigenvalue weighted by Gasteiger charge is 2.15. The van der Waals surface area contributed by atoms with E-state index in [-0.39, 0.29) is 21.8 Å². The Morgan fingerprint density at radius 3 is 2.94 bits per heavy atom. The monoisotopic (exact) mass is 285 g/mol. The highest BCUT2D eigenvalue weighted by atomic mass is 35.5. The predicted octanol–water partition coefficient (Wildman–Crippen LogP) is 2.87. The Bertz CT molecular complexity index is 476. The third-order valence-electron chi connectivity index (χ3n) is 2.89. The molecule has 1 atom stereocenters. The van der Waals surface area contributed by atoms with Crippen LogP contribution in [-0.2, 0) is 0 Å². The number of allylic oxidation sites excluding steroid dienone is 2. The van der Waals surface area contributed by atoms with Crippen LogP contribution >= 0.6 is 23.2 Å². The van der Waals surface area contributed by atoms with Crippen molar-refractivity contribution >= 4 is 29.1 Å². The lowest BCUT2D eigenvalue weighted by molar-refractivity contribution is 0.0946. The Hall–Kier alpha value is -1.13. The molecule has 0 aromatic carbocycles. The second-order valence-corrected chi connectivity index (χ2v) is 4.98. The van der Waals surface area contributed by atoms with Gasteiger partial charge in [-0.05, 0) is 31.2 Å². The maximum absolute atomic E-state index is 11.9. The van der Waals surface area contributed by atoms with E-state index in [2.05, 4.69) is 27.7 Å². The number of halogens is 2. The quantitative estimate of drug-likeness (QED) is 0.869. The summed E-state index contributed by atoms with van der Waals surface area (Å²) < 4.78 is 0. The van der Waals surface area contributed by atoms with Crippen LogP contribution in [0.4, 0.5) is 0 Å². The maximum atomic E-state index is 11.9. The fourth-order valence-electron chi connectivity index (χ4n) is 1.89. The van der Waals surface area contributed by atoms with Gasteiger partial charge in [0.25, 0.3) is 5.91 Å². The molecule has 1 aromatic rings. The van der Waals surface area contributed by atoms with Crippen molar-refractivity contribution in [3.8, 4) is 0 Å². The number of nitrogens with one attached hydrogen (secondary N) is 1. The lowest BCUT2D eigenvalue weighted by Crippen LogP contribution is -2.30. The molecule has 4 nitrogen and oxygen atoms in total. The summed E-state index contributed by atoms with van der Waals surface area (Å²) >= 11 is 11.5. The first-order chi connectivity index (χ1) is 8.66. The fraction of sp³-hybridized carbons (Fsp3) is 0.417. The second-order valence-electron chi connectivity index (χ2n) is 4.23. The van der Waals surface area contributed by atoms with Gasteiger partial charge in [-0.25, -0.2) is 0 Å². The fourth-order valence-corrected chi connectivity index (χ4v) is 2.21. The SMILES string of the molecule is O=C(NCC1CC=CCC1)c1cc(Cl)nnc1Cl. The first-order valence-corrected chi connectivity index (χ1v) is 6.54. The van der Waals surface area contributed by atoms with E-state index < -0.39 is 0 Å². The van der Waals surface area contributed by atoms with Crippen LogP contribution in [-0.4, -0.2) is 22.6 Å². The van der Waals surface area contributed by atoms with Gasteiger partial charge in [-0.15, -0.1) is 10.2 Å². The number of carbonyl (C=O) groups excluding carboxylic acids is 1. The van der Waals surface area contributed by atoms with Gasteiger partial charge in [0.1, 0.15) is 0 Å². The Morgan fingerprint density at radius 1 is 1.39 bits per heavy atom. The van der Waals surface area contributed by atoms with Gasteiger partial charge in [0.05, 0.1) is 5.56 Å². The van der Waals surface area contributed by atoms with Gasteiger partial charge in [0.15, 0.2) is 10.3 Å². The summed E-state index contributed by atoms with van der Waals surface area (Å²) in [5, 5.41) is 10.3. The Kier molecular flexibility index (Phi) is 4.55. The van der Waals surface area contributed by atoms with E-state index in [0.29, 0.717) is 12.5 Å². The average Bonchev–Trinajstić information content (AvgIpc) is 2.40. The summed E-state index contributed by atoms with van der Waals surface area (Å²) in [4.78, 5) is 11.9. The average molecular weight is 286 g/mol. The van der Waals surface area contributed by atoms with Gasteiger partial charge in [-0.2, -0.15) is 0 Å². The highest BCUT2D eigenvalue weighted by molar-refractivity contribution is 6.34. The summed E-state index contributed by atoms with van der Waals surface area (Å²) in [5.74, 6) is 0.231. The van der Waals surface area contributed by atoms with Gasteiger partial charge in [0.2, 0.25) is 0 Å². The Balaban J connectivity index is 1.95. The first-order valence-electron chi connectivity index (χ1n) is 5.78. The minimum Gasteiger partial charge on any atom is -0.352 e. The molecule has 1 aliphatic rings. The second kappa shape index (κ2) is 6.16. The van der Waals surface area contributed by atoms with Crippen molar-refractivity contribution in [2.75, 3.05) is 6.54 Å².